The molecule has 0 bridgehead atoms. The normalized spacial score (nSPS) is 12.2. The molecule has 1 amide bonds. The molecule has 8 nitrogen and oxygen atoms in total. The van der Waals surface area contributed by atoms with Gasteiger partial charge in [0, 0.05) is 36.4 Å². The first-order chi connectivity index (χ1) is 12.5. The number of rotatable bonds is 6. The van der Waals surface area contributed by atoms with Gasteiger partial charge in [0.25, 0.3) is 0 Å². The van der Waals surface area contributed by atoms with Crippen LogP contribution in [0.3, 0.4) is 0 Å². The fourth-order valence-corrected chi connectivity index (χ4v) is 3.44. The van der Waals surface area contributed by atoms with E-state index in [0.29, 0.717) is 10.7 Å². The summed E-state index contributed by atoms with van der Waals surface area (Å²) in [5.41, 5.74) is 1.40. The molecule has 0 aliphatic rings. The third-order valence-electron chi connectivity index (χ3n) is 3.68. The molecule has 0 spiro atoms. The maximum atomic E-state index is 12.6. The van der Waals surface area contributed by atoms with Crippen LogP contribution in [0.5, 0.6) is 0 Å². The van der Waals surface area contributed by atoms with Crippen LogP contribution in [0.15, 0.2) is 47.0 Å². The monoisotopic (exact) mass is 391 g/mol. The number of amides is 1. The molecule has 0 aliphatic carbocycles. The van der Waals surface area contributed by atoms with Crippen molar-refractivity contribution in [1.82, 2.24) is 29.9 Å². The van der Waals surface area contributed by atoms with E-state index in [1.807, 2.05) is 17.7 Å². The van der Waals surface area contributed by atoms with Crippen LogP contribution < -0.4 is 10.6 Å². The fraction of sp³-hybridized carbons (Fsp3) is 0.250. The Bertz CT molecular complexity index is 923. The van der Waals surface area contributed by atoms with Crippen LogP contribution in [0.1, 0.15) is 11.6 Å². The lowest BCUT2D eigenvalue weighted by molar-refractivity contribution is -0.118. The van der Waals surface area contributed by atoms with Gasteiger partial charge < -0.3 is 15.2 Å². The second-order valence-corrected chi connectivity index (χ2v) is 7.05. The van der Waals surface area contributed by atoms with Crippen LogP contribution in [0.2, 0.25) is 5.02 Å². The van der Waals surface area contributed by atoms with Crippen LogP contribution in [0.25, 0.3) is 0 Å². The summed E-state index contributed by atoms with van der Waals surface area (Å²) in [5.74, 6) is -0.190. The van der Waals surface area contributed by atoms with Gasteiger partial charge in [-0.2, -0.15) is 5.10 Å². The van der Waals surface area contributed by atoms with Gasteiger partial charge >= 0.3 is 0 Å². The molecule has 3 aromatic rings. The smallest absolute Gasteiger partial charge is 0.246 e. The molecule has 0 aliphatic heterocycles. The van der Waals surface area contributed by atoms with Gasteiger partial charge in [-0.25, -0.2) is 0 Å². The van der Waals surface area contributed by atoms with Gasteiger partial charge in [0.1, 0.15) is 12.4 Å². The molecule has 2 N–H and O–H groups in total. The molecular weight excluding hydrogens is 374 g/mol. The number of halogens is 1. The van der Waals surface area contributed by atoms with Gasteiger partial charge in [0.05, 0.1) is 11.2 Å². The Labute approximate surface area is 159 Å². The van der Waals surface area contributed by atoms with E-state index in [1.54, 1.807) is 49.6 Å². The lowest BCUT2D eigenvalue weighted by Gasteiger charge is -2.15. The SMILES string of the molecule is CNC(C(=O)Nc1ccc(Sc2nncn2C)c(Cl)c1)c1cnn(C)c1. The predicted octanol–water partition coefficient (Wildman–Crippen LogP) is 2.25. The summed E-state index contributed by atoms with van der Waals surface area (Å²) < 4.78 is 3.46. The Morgan fingerprint density at radius 2 is 2.15 bits per heavy atom. The maximum absolute atomic E-state index is 12.6. The number of anilines is 1. The first-order valence-corrected chi connectivity index (χ1v) is 8.95. The molecule has 136 valence electrons. The van der Waals surface area contributed by atoms with E-state index in [9.17, 15) is 4.79 Å². The highest BCUT2D eigenvalue weighted by atomic mass is 35.5. The lowest BCUT2D eigenvalue weighted by atomic mass is 10.1. The molecule has 1 unspecified atom stereocenters. The number of hydrogen-bond donors (Lipinski definition) is 2. The van der Waals surface area contributed by atoms with Gasteiger partial charge in [0.15, 0.2) is 5.16 Å². The van der Waals surface area contributed by atoms with Crippen molar-refractivity contribution >= 4 is 35.0 Å². The van der Waals surface area contributed by atoms with Crippen molar-refractivity contribution in [3.05, 3.63) is 47.5 Å². The van der Waals surface area contributed by atoms with Crippen molar-refractivity contribution in [3.63, 3.8) is 0 Å². The first kappa shape index (κ1) is 18.4. The quantitative estimate of drug-likeness (QED) is 0.669. The predicted molar refractivity (Wildman–Crippen MR) is 100 cm³/mol. The second-order valence-electron chi connectivity index (χ2n) is 5.63. The summed E-state index contributed by atoms with van der Waals surface area (Å²) in [5, 5.41) is 19.1. The summed E-state index contributed by atoms with van der Waals surface area (Å²) in [6.07, 6.45) is 5.09. The van der Waals surface area contributed by atoms with Crippen LogP contribution in [0, 0.1) is 0 Å². The molecule has 0 saturated carbocycles. The second kappa shape index (κ2) is 7.90. The van der Waals surface area contributed by atoms with E-state index in [1.165, 1.54) is 11.8 Å². The minimum Gasteiger partial charge on any atom is -0.324 e. The molecule has 0 fully saturated rings. The number of aromatic nitrogens is 5. The first-order valence-electron chi connectivity index (χ1n) is 7.76. The molecule has 10 heteroatoms. The molecule has 2 heterocycles. The molecule has 26 heavy (non-hydrogen) atoms. The van der Waals surface area contributed by atoms with Crippen LogP contribution >= 0.6 is 23.4 Å². The molecule has 2 aromatic heterocycles. The van der Waals surface area contributed by atoms with Gasteiger partial charge in [-0.05, 0) is 37.0 Å². The van der Waals surface area contributed by atoms with E-state index in [4.69, 9.17) is 11.6 Å². The standard InChI is InChI=1S/C16H18ClN7OS/c1-18-14(10-7-20-24(3)8-10)15(25)21-11-4-5-13(12(17)6-11)26-16-22-19-9-23(16)2/h4-9,14,18H,1-3H3,(H,21,25). The van der Waals surface area contributed by atoms with Crippen molar-refractivity contribution < 1.29 is 4.79 Å². The number of carbonyl (C=O) groups excluding carboxylic acids is 1. The lowest BCUT2D eigenvalue weighted by Crippen LogP contribution is -2.30. The van der Waals surface area contributed by atoms with Gasteiger partial charge in [-0.15, -0.1) is 10.2 Å². The van der Waals surface area contributed by atoms with Crippen molar-refractivity contribution in [2.45, 2.75) is 16.1 Å². The van der Waals surface area contributed by atoms with Crippen molar-refractivity contribution in [1.29, 1.82) is 0 Å². The summed E-state index contributed by atoms with van der Waals surface area (Å²) in [6, 6.07) is 4.86. The maximum Gasteiger partial charge on any atom is 0.246 e. The molecular formula is C16H18ClN7OS. The summed E-state index contributed by atoms with van der Waals surface area (Å²) in [7, 11) is 5.40. The Kier molecular flexibility index (Phi) is 5.60. The Hall–Kier alpha value is -2.36. The number of aryl methyl sites for hydroxylation is 2. The van der Waals surface area contributed by atoms with Gasteiger partial charge in [-0.3, -0.25) is 9.48 Å². The van der Waals surface area contributed by atoms with E-state index in [0.717, 1.165) is 15.6 Å². The van der Waals surface area contributed by atoms with E-state index in [2.05, 4.69) is 25.9 Å². The number of benzene rings is 1. The molecule has 3 rings (SSSR count). The third kappa shape index (κ3) is 4.06. The fourth-order valence-electron chi connectivity index (χ4n) is 2.38. The molecule has 1 aromatic carbocycles. The highest BCUT2D eigenvalue weighted by molar-refractivity contribution is 7.99. The zero-order valence-electron chi connectivity index (χ0n) is 14.5. The summed E-state index contributed by atoms with van der Waals surface area (Å²) in [4.78, 5) is 13.4. The summed E-state index contributed by atoms with van der Waals surface area (Å²) >= 11 is 7.76. The zero-order chi connectivity index (χ0) is 18.7. The number of hydrogen-bond acceptors (Lipinski definition) is 6. The van der Waals surface area contributed by atoms with Crippen molar-refractivity contribution in [2.24, 2.45) is 14.1 Å². The largest absolute Gasteiger partial charge is 0.324 e. The highest BCUT2D eigenvalue weighted by Gasteiger charge is 2.20. The number of likely N-dealkylation sites (N-methyl/N-ethyl adjacent to an activating group) is 1. The molecule has 0 saturated heterocycles. The van der Waals surface area contributed by atoms with E-state index in [-0.39, 0.29) is 5.91 Å². The average Bonchev–Trinajstić information content (AvgIpc) is 3.20. The number of carbonyl (C=O) groups is 1. The molecule has 1 atom stereocenters. The summed E-state index contributed by atoms with van der Waals surface area (Å²) in [6.45, 7) is 0. The Morgan fingerprint density at radius 1 is 1.35 bits per heavy atom. The Morgan fingerprint density at radius 3 is 2.73 bits per heavy atom. The van der Waals surface area contributed by atoms with E-state index >= 15 is 0 Å². The number of nitrogens with one attached hydrogen (secondary N) is 2. The Balaban J connectivity index is 1.72. The van der Waals surface area contributed by atoms with Crippen molar-refractivity contribution in [3.8, 4) is 0 Å². The van der Waals surface area contributed by atoms with E-state index < -0.39 is 6.04 Å². The van der Waals surface area contributed by atoms with Crippen molar-refractivity contribution in [2.75, 3.05) is 12.4 Å². The van der Waals surface area contributed by atoms with Gasteiger partial charge in [0.2, 0.25) is 5.91 Å². The van der Waals surface area contributed by atoms with Gasteiger partial charge in [-0.1, -0.05) is 11.6 Å². The van der Waals surface area contributed by atoms with Crippen LogP contribution in [-0.2, 0) is 18.9 Å². The average molecular weight is 392 g/mol. The topological polar surface area (TPSA) is 89.7 Å². The minimum atomic E-state index is -0.504. The minimum absolute atomic E-state index is 0.190. The van der Waals surface area contributed by atoms with Crippen LogP contribution in [0.4, 0.5) is 5.69 Å². The zero-order valence-corrected chi connectivity index (χ0v) is 16.0. The van der Waals surface area contributed by atoms with Crippen LogP contribution in [-0.4, -0.2) is 37.5 Å². The highest BCUT2D eigenvalue weighted by Crippen LogP contribution is 2.33. The third-order valence-corrected chi connectivity index (χ3v) is 5.23. The molecule has 0 radical (unpaired) electrons. The number of nitrogens with zero attached hydrogens (tertiary/aromatic N) is 5.